The number of aromatic nitrogens is 4. The van der Waals surface area contributed by atoms with Gasteiger partial charge < -0.3 is 19.1 Å². The molecule has 14 nitrogen and oxygen atoms in total. The first-order valence-electron chi connectivity index (χ1n) is 16.2. The zero-order valence-corrected chi connectivity index (χ0v) is 27.2. The van der Waals surface area contributed by atoms with E-state index in [9.17, 15) is 24.5 Å². The molecule has 1 aliphatic rings. The zero-order chi connectivity index (χ0) is 36.2. The predicted octanol–water partition coefficient (Wildman–Crippen LogP) is 6.35. The molecule has 1 fully saturated rings. The van der Waals surface area contributed by atoms with Gasteiger partial charge in [-0.2, -0.15) is 14.0 Å². The fourth-order valence-corrected chi connectivity index (χ4v) is 5.49. The molecular formula is C35H34F2N6O8. The highest BCUT2D eigenvalue weighted by Gasteiger charge is 2.43. The molecular weight excluding hydrogens is 670 g/mol. The number of ether oxygens (including phenoxy) is 3. The van der Waals surface area contributed by atoms with E-state index in [0.29, 0.717) is 31.6 Å². The maximum atomic E-state index is 16.0. The van der Waals surface area contributed by atoms with Crippen molar-refractivity contribution in [3.8, 4) is 11.5 Å². The van der Waals surface area contributed by atoms with Gasteiger partial charge in [0.15, 0.2) is 11.9 Å². The highest BCUT2D eigenvalue weighted by Crippen LogP contribution is 2.36. The Morgan fingerprint density at radius 1 is 1.00 bits per heavy atom. The number of amides is 1. The number of nitrogens with zero attached hydrogens (tertiary/aromatic N) is 5. The molecule has 2 heterocycles. The van der Waals surface area contributed by atoms with Crippen molar-refractivity contribution in [1.82, 2.24) is 25.5 Å². The Labute approximate surface area is 290 Å². The monoisotopic (exact) mass is 704 g/mol. The first-order chi connectivity index (χ1) is 24.6. The summed E-state index contributed by atoms with van der Waals surface area (Å²) in [6.45, 7) is 0.441. The number of aryl methyl sites for hydroxylation is 1. The van der Waals surface area contributed by atoms with Gasteiger partial charge in [0, 0.05) is 37.1 Å². The third-order valence-corrected chi connectivity index (χ3v) is 8.12. The number of alkyl halides is 2. The summed E-state index contributed by atoms with van der Waals surface area (Å²) >= 11 is 0. The van der Waals surface area contributed by atoms with Crippen LogP contribution in [0.25, 0.3) is 0 Å². The topological polar surface area (TPSA) is 180 Å². The molecule has 1 amide bonds. The molecule has 266 valence electrons. The number of likely N-dealkylation sites (tertiary alicyclic amines) is 1. The maximum Gasteiger partial charge on any atom is 0.519 e. The number of carbonyl (C=O) groups is 3. The van der Waals surface area contributed by atoms with Gasteiger partial charge in [0.25, 0.3) is 5.69 Å². The van der Waals surface area contributed by atoms with Crippen molar-refractivity contribution in [2.45, 2.75) is 63.0 Å². The van der Waals surface area contributed by atoms with Crippen LogP contribution in [0.4, 0.5) is 19.3 Å². The Balaban J connectivity index is 1.27. The summed E-state index contributed by atoms with van der Waals surface area (Å²) in [7, 11) is 0. The summed E-state index contributed by atoms with van der Waals surface area (Å²) in [5, 5.41) is 24.7. The summed E-state index contributed by atoms with van der Waals surface area (Å²) in [6.07, 6.45) is 3.83. The van der Waals surface area contributed by atoms with E-state index < -0.39 is 40.7 Å². The number of hydrogen-bond donors (Lipinski definition) is 1. The Bertz CT molecular complexity index is 1820. The van der Waals surface area contributed by atoms with Crippen molar-refractivity contribution in [2.75, 3.05) is 6.54 Å². The van der Waals surface area contributed by atoms with Gasteiger partial charge in [0.1, 0.15) is 17.1 Å². The third kappa shape index (κ3) is 9.77. The Morgan fingerprint density at radius 2 is 1.73 bits per heavy atom. The second-order valence-corrected chi connectivity index (χ2v) is 11.6. The first-order valence-corrected chi connectivity index (χ1v) is 16.2. The molecule has 0 aliphatic carbocycles. The van der Waals surface area contributed by atoms with Crippen LogP contribution in [0.5, 0.6) is 11.5 Å². The highest BCUT2D eigenvalue weighted by molar-refractivity contribution is 5.93. The van der Waals surface area contributed by atoms with E-state index in [1.807, 2.05) is 0 Å². The molecule has 1 saturated heterocycles. The average Bonchev–Trinajstić information content (AvgIpc) is 3.78. The lowest BCUT2D eigenvalue weighted by Gasteiger charge is -2.27. The molecule has 51 heavy (non-hydrogen) atoms. The van der Waals surface area contributed by atoms with Crippen molar-refractivity contribution < 1.29 is 42.3 Å². The highest BCUT2D eigenvalue weighted by atomic mass is 19.3. The van der Waals surface area contributed by atoms with Gasteiger partial charge in [-0.1, -0.05) is 66.6 Å². The number of aromatic amines is 1. The van der Waals surface area contributed by atoms with Crippen LogP contribution in [0.1, 0.15) is 60.3 Å². The van der Waals surface area contributed by atoms with Crippen LogP contribution in [-0.2, 0) is 21.9 Å². The van der Waals surface area contributed by atoms with Gasteiger partial charge in [-0.3, -0.25) is 14.9 Å². The molecule has 5 rings (SSSR count). The van der Waals surface area contributed by atoms with Crippen molar-refractivity contribution in [1.29, 1.82) is 0 Å². The number of H-pyrrole nitrogens is 1. The van der Waals surface area contributed by atoms with E-state index in [0.717, 1.165) is 37.5 Å². The number of hydrogen-bond acceptors (Lipinski definition) is 11. The molecule has 0 unspecified atom stereocenters. The van der Waals surface area contributed by atoms with Crippen LogP contribution in [0.15, 0.2) is 91.0 Å². The third-order valence-electron chi connectivity index (χ3n) is 8.12. The van der Waals surface area contributed by atoms with E-state index >= 15 is 8.78 Å². The number of para-hydroxylation sites is 1. The summed E-state index contributed by atoms with van der Waals surface area (Å²) in [6, 6.07) is 16.4. The van der Waals surface area contributed by atoms with Gasteiger partial charge in [0.2, 0.25) is 5.91 Å². The lowest BCUT2D eigenvalue weighted by atomic mass is 10.0. The molecule has 0 spiro atoms. The molecule has 0 radical (unpaired) electrons. The van der Waals surface area contributed by atoms with Crippen molar-refractivity contribution in [3.63, 3.8) is 0 Å². The molecule has 0 bridgehead atoms. The minimum Gasteiger partial charge on any atom is -0.448 e. The van der Waals surface area contributed by atoms with Gasteiger partial charge in [-0.05, 0) is 49.6 Å². The Kier molecular flexibility index (Phi) is 12.1. The quantitative estimate of drug-likeness (QED) is 0.0343. The lowest BCUT2D eigenvalue weighted by Crippen LogP contribution is -2.36. The zero-order valence-electron chi connectivity index (χ0n) is 27.2. The molecule has 0 saturated carbocycles. The largest absolute Gasteiger partial charge is 0.519 e. The van der Waals surface area contributed by atoms with E-state index in [1.165, 1.54) is 66.7 Å². The molecule has 1 aliphatic heterocycles. The number of tetrazole rings is 1. The van der Waals surface area contributed by atoms with Crippen molar-refractivity contribution in [2.24, 2.45) is 0 Å². The summed E-state index contributed by atoms with van der Waals surface area (Å²) in [5.41, 5.74) is -0.961. The van der Waals surface area contributed by atoms with E-state index in [2.05, 4.69) is 20.6 Å². The van der Waals surface area contributed by atoms with Gasteiger partial charge in [-0.25, -0.2) is 9.59 Å². The molecule has 3 aromatic carbocycles. The number of nitro groups is 1. The van der Waals surface area contributed by atoms with Crippen LogP contribution in [0.3, 0.4) is 0 Å². The minimum atomic E-state index is -3.69. The van der Waals surface area contributed by atoms with E-state index in [4.69, 9.17) is 14.2 Å². The number of benzene rings is 3. The number of rotatable bonds is 16. The van der Waals surface area contributed by atoms with E-state index in [-0.39, 0.29) is 35.1 Å². The van der Waals surface area contributed by atoms with Gasteiger partial charge in [0.05, 0.1) is 11.0 Å². The number of nitro benzene ring substituents is 1. The molecule has 1 aromatic heterocycles. The van der Waals surface area contributed by atoms with Gasteiger partial charge >= 0.3 is 18.0 Å². The van der Waals surface area contributed by atoms with Crippen molar-refractivity contribution >= 4 is 23.7 Å². The summed E-state index contributed by atoms with van der Waals surface area (Å²) < 4.78 is 47.7. The summed E-state index contributed by atoms with van der Waals surface area (Å²) in [5.74, 6) is -4.76. The smallest absolute Gasteiger partial charge is 0.448 e. The van der Waals surface area contributed by atoms with Crippen LogP contribution >= 0.6 is 0 Å². The standard InChI is InChI=1S/C35H34F2N6O8/c36-35(37,24-10-4-3-5-11-24)30(21-17-25-18-22-32(44)42(25)23-9-2-1-6-14-31-38-40-41-39-31)51-33(45)28-12-7-8-13-29(28)50-34(46)49-27-19-15-26(16-20-27)43(47)48/h3-5,7-8,10-13,15-17,19-21,25,30H,1-2,6,9,14,18,22-23H2,(H,38,39,40,41)/b21-17+/t25-,30+/m0/s1. The average molecular weight is 705 g/mol. The van der Waals surface area contributed by atoms with Crippen LogP contribution < -0.4 is 9.47 Å². The molecule has 1 N–H and O–H groups in total. The second-order valence-electron chi connectivity index (χ2n) is 11.6. The molecule has 2 atom stereocenters. The Morgan fingerprint density at radius 3 is 2.45 bits per heavy atom. The number of esters is 1. The molecule has 16 heteroatoms. The maximum absolute atomic E-state index is 16.0. The van der Waals surface area contributed by atoms with Crippen LogP contribution in [-0.4, -0.2) is 67.2 Å². The second kappa shape index (κ2) is 17.0. The number of carbonyl (C=O) groups excluding carboxylic acids is 3. The van der Waals surface area contributed by atoms with Crippen LogP contribution in [0, 0.1) is 10.1 Å². The number of nitrogens with one attached hydrogen (secondary N) is 1. The van der Waals surface area contributed by atoms with Crippen LogP contribution in [0.2, 0.25) is 0 Å². The predicted molar refractivity (Wildman–Crippen MR) is 176 cm³/mol. The minimum absolute atomic E-state index is 0.0710. The SMILES string of the molecule is O=C(Oc1ccc([N+](=O)[O-])cc1)Oc1ccccc1C(=O)O[C@H](/C=C/[C@H]1CCC(=O)N1CCCCCCc1nn[nH]n1)C(F)(F)c1ccccc1. The van der Waals surface area contributed by atoms with E-state index in [1.54, 1.807) is 11.0 Å². The fourth-order valence-electron chi connectivity index (χ4n) is 5.49. The number of halogens is 2. The fraction of sp³-hybridized carbons (Fsp3) is 0.314. The van der Waals surface area contributed by atoms with Gasteiger partial charge in [-0.15, -0.1) is 10.2 Å². The number of non-ortho nitro benzene ring substituents is 1. The number of unbranched alkanes of at least 4 members (excludes halogenated alkanes) is 3. The first kappa shape index (κ1) is 36.2. The lowest BCUT2D eigenvalue weighted by molar-refractivity contribution is -0.384. The Hall–Kier alpha value is -6.06. The normalized spacial score (nSPS) is 15.1. The molecule has 4 aromatic rings. The van der Waals surface area contributed by atoms with Crippen molar-refractivity contribution in [3.05, 3.63) is 118 Å². The summed E-state index contributed by atoms with van der Waals surface area (Å²) in [4.78, 5) is 50.6.